The molecule has 4 heteroatoms. The first-order valence-electron chi connectivity index (χ1n) is 5.01. The van der Waals surface area contributed by atoms with Crippen molar-refractivity contribution < 1.29 is 19.4 Å². The first kappa shape index (κ1) is 12.9. The van der Waals surface area contributed by atoms with E-state index in [2.05, 4.69) is 0 Å². The quantitative estimate of drug-likeness (QED) is 0.641. The van der Waals surface area contributed by atoms with Gasteiger partial charge in [-0.3, -0.25) is 9.59 Å². The van der Waals surface area contributed by atoms with Crippen molar-refractivity contribution in [2.45, 2.75) is 52.1 Å². The summed E-state index contributed by atoms with van der Waals surface area (Å²) in [6.07, 6.45) is 2.32. The maximum absolute atomic E-state index is 10.9. The maximum atomic E-state index is 10.9. The van der Waals surface area contributed by atoms with Crippen LogP contribution in [0.1, 0.15) is 46.0 Å². The third-order valence-electron chi connectivity index (χ3n) is 1.96. The van der Waals surface area contributed by atoms with Crippen LogP contribution in [0.15, 0.2) is 0 Å². The minimum absolute atomic E-state index is 0.123. The average Bonchev–Trinajstić information content (AvgIpc) is 2.15. The van der Waals surface area contributed by atoms with Gasteiger partial charge in [-0.05, 0) is 19.3 Å². The van der Waals surface area contributed by atoms with Crippen molar-refractivity contribution in [2.24, 2.45) is 0 Å². The van der Waals surface area contributed by atoms with Gasteiger partial charge in [0.2, 0.25) is 0 Å². The number of hydrogen-bond acceptors (Lipinski definition) is 3. The smallest absolute Gasteiger partial charge is 0.305 e. The van der Waals surface area contributed by atoms with Crippen LogP contribution in [0, 0.1) is 0 Å². The van der Waals surface area contributed by atoms with Crippen molar-refractivity contribution in [1.29, 1.82) is 0 Å². The lowest BCUT2D eigenvalue weighted by atomic mass is 10.1. The zero-order chi connectivity index (χ0) is 11.0. The number of carboxylic acids is 1. The molecule has 4 nitrogen and oxygen atoms in total. The Bertz CT molecular complexity index is 189. The van der Waals surface area contributed by atoms with Crippen molar-refractivity contribution in [3.05, 3.63) is 0 Å². The van der Waals surface area contributed by atoms with Crippen LogP contribution in [0.4, 0.5) is 0 Å². The minimum atomic E-state index is -0.804. The second kappa shape index (κ2) is 7.35. The maximum Gasteiger partial charge on any atom is 0.305 e. The minimum Gasteiger partial charge on any atom is -0.481 e. The summed E-state index contributed by atoms with van der Waals surface area (Å²) in [7, 11) is 0. The molecule has 0 spiro atoms. The second-order valence-corrected chi connectivity index (χ2v) is 3.16. The number of rotatable bonds is 7. The van der Waals surface area contributed by atoms with Gasteiger partial charge in [-0.2, -0.15) is 0 Å². The molecule has 0 aromatic heterocycles. The molecule has 0 aromatic carbocycles. The summed E-state index contributed by atoms with van der Waals surface area (Å²) in [6, 6.07) is 0. The monoisotopic (exact) mass is 202 g/mol. The zero-order valence-electron chi connectivity index (χ0n) is 8.78. The van der Waals surface area contributed by atoms with Crippen molar-refractivity contribution in [3.8, 4) is 0 Å². The average molecular weight is 202 g/mol. The van der Waals surface area contributed by atoms with E-state index in [0.29, 0.717) is 19.3 Å². The summed E-state index contributed by atoms with van der Waals surface area (Å²) >= 11 is 0. The molecule has 0 heterocycles. The Hall–Kier alpha value is -1.06. The molecule has 0 aliphatic carbocycles. The Labute approximate surface area is 84.3 Å². The van der Waals surface area contributed by atoms with Gasteiger partial charge < -0.3 is 9.84 Å². The lowest BCUT2D eigenvalue weighted by Crippen LogP contribution is -2.17. The van der Waals surface area contributed by atoms with Crippen LogP contribution in [0.3, 0.4) is 0 Å². The van der Waals surface area contributed by atoms with Crippen LogP contribution in [0.5, 0.6) is 0 Å². The Kier molecular flexibility index (Phi) is 6.80. The van der Waals surface area contributed by atoms with Gasteiger partial charge in [0.05, 0.1) is 0 Å². The van der Waals surface area contributed by atoms with E-state index in [4.69, 9.17) is 9.84 Å². The van der Waals surface area contributed by atoms with Crippen molar-refractivity contribution in [1.82, 2.24) is 0 Å². The van der Waals surface area contributed by atoms with Crippen LogP contribution in [-0.4, -0.2) is 23.1 Å². The molecule has 1 unspecified atom stereocenters. The van der Waals surface area contributed by atoms with Gasteiger partial charge in [0.25, 0.3) is 0 Å². The van der Waals surface area contributed by atoms with Gasteiger partial charge in [-0.1, -0.05) is 13.8 Å². The number of carboxylic acid groups (broad SMARTS) is 1. The Morgan fingerprint density at radius 2 is 2.00 bits per heavy atom. The summed E-state index contributed by atoms with van der Waals surface area (Å²) in [5, 5.41) is 8.42. The molecule has 1 atom stereocenters. The van der Waals surface area contributed by atoms with E-state index in [9.17, 15) is 9.59 Å². The lowest BCUT2D eigenvalue weighted by Gasteiger charge is -2.14. The molecule has 0 fully saturated rings. The Morgan fingerprint density at radius 1 is 1.36 bits per heavy atom. The summed E-state index contributed by atoms with van der Waals surface area (Å²) in [4.78, 5) is 21.2. The molecular formula is C10H18O4. The van der Waals surface area contributed by atoms with E-state index >= 15 is 0 Å². The fraction of sp³-hybridized carbons (Fsp3) is 0.800. The molecule has 0 saturated heterocycles. The standard InChI is InChI=1S/C10H18O4/c1-3-8(14-10(13)4-2)6-5-7-9(11)12/h8H,3-7H2,1-2H3,(H,11,12). The Balaban J connectivity index is 3.68. The third kappa shape index (κ3) is 6.46. The van der Waals surface area contributed by atoms with Crippen molar-refractivity contribution in [3.63, 3.8) is 0 Å². The molecule has 0 saturated carbocycles. The molecule has 0 amide bonds. The SMILES string of the molecule is CCC(=O)OC(CC)CCCC(=O)O. The molecular weight excluding hydrogens is 184 g/mol. The van der Waals surface area contributed by atoms with Gasteiger partial charge in [0.1, 0.15) is 6.10 Å². The topological polar surface area (TPSA) is 63.6 Å². The number of carbonyl (C=O) groups is 2. The number of hydrogen-bond donors (Lipinski definition) is 1. The zero-order valence-corrected chi connectivity index (χ0v) is 8.78. The van der Waals surface area contributed by atoms with E-state index in [1.54, 1.807) is 6.92 Å². The predicted molar refractivity (Wildman–Crippen MR) is 51.9 cm³/mol. The number of aliphatic carboxylic acids is 1. The molecule has 1 N–H and O–H groups in total. The van der Waals surface area contributed by atoms with Crippen molar-refractivity contribution in [2.75, 3.05) is 0 Å². The fourth-order valence-corrected chi connectivity index (χ4v) is 1.10. The van der Waals surface area contributed by atoms with E-state index in [-0.39, 0.29) is 18.5 Å². The first-order valence-corrected chi connectivity index (χ1v) is 5.01. The molecule has 0 bridgehead atoms. The van der Waals surface area contributed by atoms with Crippen LogP contribution >= 0.6 is 0 Å². The molecule has 0 aromatic rings. The number of carbonyl (C=O) groups excluding carboxylic acids is 1. The van der Waals surface area contributed by atoms with Crippen LogP contribution in [-0.2, 0) is 14.3 Å². The number of ether oxygens (including phenoxy) is 1. The van der Waals surface area contributed by atoms with Crippen molar-refractivity contribution >= 4 is 11.9 Å². The second-order valence-electron chi connectivity index (χ2n) is 3.16. The fourth-order valence-electron chi connectivity index (χ4n) is 1.10. The summed E-state index contributed by atoms with van der Waals surface area (Å²) in [6.45, 7) is 3.67. The van der Waals surface area contributed by atoms with E-state index in [0.717, 1.165) is 6.42 Å². The van der Waals surface area contributed by atoms with Gasteiger partial charge in [0.15, 0.2) is 0 Å². The van der Waals surface area contributed by atoms with Crippen LogP contribution in [0.25, 0.3) is 0 Å². The lowest BCUT2D eigenvalue weighted by molar-refractivity contribution is -0.149. The first-order chi connectivity index (χ1) is 6.60. The molecule has 14 heavy (non-hydrogen) atoms. The van der Waals surface area contributed by atoms with Gasteiger partial charge in [-0.25, -0.2) is 0 Å². The molecule has 0 aliphatic rings. The highest BCUT2D eigenvalue weighted by atomic mass is 16.5. The Morgan fingerprint density at radius 3 is 2.43 bits per heavy atom. The van der Waals surface area contributed by atoms with E-state index in [1.807, 2.05) is 6.92 Å². The highest BCUT2D eigenvalue weighted by molar-refractivity contribution is 5.69. The third-order valence-corrected chi connectivity index (χ3v) is 1.96. The predicted octanol–water partition coefficient (Wildman–Crippen LogP) is 1.97. The summed E-state index contributed by atoms with van der Waals surface area (Å²) in [5.74, 6) is -1.02. The van der Waals surface area contributed by atoms with Gasteiger partial charge >= 0.3 is 11.9 Å². The summed E-state index contributed by atoms with van der Waals surface area (Å²) in [5.41, 5.74) is 0. The summed E-state index contributed by atoms with van der Waals surface area (Å²) < 4.78 is 5.10. The van der Waals surface area contributed by atoms with E-state index < -0.39 is 5.97 Å². The molecule has 82 valence electrons. The highest BCUT2D eigenvalue weighted by Crippen LogP contribution is 2.09. The highest BCUT2D eigenvalue weighted by Gasteiger charge is 2.11. The molecule has 0 aliphatic heterocycles. The van der Waals surface area contributed by atoms with Crippen LogP contribution in [0.2, 0.25) is 0 Å². The molecule has 0 rings (SSSR count). The van der Waals surface area contributed by atoms with Crippen LogP contribution < -0.4 is 0 Å². The molecule has 0 radical (unpaired) electrons. The van der Waals surface area contributed by atoms with Gasteiger partial charge in [0, 0.05) is 12.8 Å². The number of esters is 1. The van der Waals surface area contributed by atoms with E-state index in [1.165, 1.54) is 0 Å². The van der Waals surface area contributed by atoms with Gasteiger partial charge in [-0.15, -0.1) is 0 Å². The normalized spacial score (nSPS) is 12.1. The largest absolute Gasteiger partial charge is 0.481 e.